The van der Waals surface area contributed by atoms with Crippen LogP contribution in [0.5, 0.6) is 0 Å². The minimum atomic E-state index is -0.675. The monoisotopic (exact) mass is 366 g/mol. The van der Waals surface area contributed by atoms with Crippen molar-refractivity contribution in [3.63, 3.8) is 0 Å². The third kappa shape index (κ3) is 5.58. The van der Waals surface area contributed by atoms with E-state index in [2.05, 4.69) is 10.6 Å². The normalized spacial score (nSPS) is 19.3. The molecule has 0 saturated heterocycles. The van der Waals surface area contributed by atoms with Gasteiger partial charge in [0.05, 0.1) is 5.92 Å². The second kappa shape index (κ2) is 9.21. The van der Waals surface area contributed by atoms with Crippen molar-refractivity contribution in [2.75, 3.05) is 11.9 Å². The molecule has 0 bridgehead atoms. The molecule has 2 aromatic carbocycles. The van der Waals surface area contributed by atoms with Gasteiger partial charge >= 0.3 is 12.0 Å². The Hall–Kier alpha value is -2.82. The van der Waals surface area contributed by atoms with Crippen LogP contribution < -0.4 is 10.6 Å². The lowest BCUT2D eigenvalue weighted by atomic mass is 9.79. The fourth-order valence-electron chi connectivity index (χ4n) is 3.65. The summed E-state index contributed by atoms with van der Waals surface area (Å²) in [5, 5.41) is 14.8. The molecule has 0 aromatic heterocycles. The zero-order chi connectivity index (χ0) is 19.1. The standard InChI is InChI=1S/C22H26N2O3/c25-21(26)19-8-6-17(7-9-19)18-10-12-20(13-11-18)24-22(27)23-15-14-16-4-2-1-3-5-16/h1-5,10-13,17,19H,6-9,14-15H2,(H,25,26)(H2,23,24,27). The van der Waals surface area contributed by atoms with Gasteiger partial charge in [-0.3, -0.25) is 4.79 Å². The fraction of sp³-hybridized carbons (Fsp3) is 0.364. The van der Waals surface area contributed by atoms with Crippen LogP contribution in [0.15, 0.2) is 54.6 Å². The van der Waals surface area contributed by atoms with Crippen LogP contribution in [0.1, 0.15) is 42.7 Å². The quantitative estimate of drug-likeness (QED) is 0.708. The number of anilines is 1. The Kier molecular flexibility index (Phi) is 6.47. The molecule has 3 rings (SSSR count). The van der Waals surface area contributed by atoms with E-state index in [1.165, 1.54) is 11.1 Å². The van der Waals surface area contributed by atoms with Crippen molar-refractivity contribution in [1.82, 2.24) is 5.32 Å². The van der Waals surface area contributed by atoms with Gasteiger partial charge in [0, 0.05) is 12.2 Å². The molecule has 27 heavy (non-hydrogen) atoms. The molecule has 1 aliphatic rings. The first-order valence-corrected chi connectivity index (χ1v) is 9.53. The summed E-state index contributed by atoms with van der Waals surface area (Å²) in [6.07, 6.45) is 4.09. The molecule has 0 aliphatic heterocycles. The minimum Gasteiger partial charge on any atom is -0.481 e. The first-order valence-electron chi connectivity index (χ1n) is 9.53. The van der Waals surface area contributed by atoms with Crippen LogP contribution in [0.3, 0.4) is 0 Å². The maximum atomic E-state index is 12.0. The van der Waals surface area contributed by atoms with Crippen LogP contribution in [-0.2, 0) is 11.2 Å². The Morgan fingerprint density at radius 3 is 2.22 bits per heavy atom. The van der Waals surface area contributed by atoms with E-state index in [0.29, 0.717) is 12.5 Å². The Labute approximate surface area is 159 Å². The van der Waals surface area contributed by atoms with E-state index < -0.39 is 5.97 Å². The first kappa shape index (κ1) is 19.0. The van der Waals surface area contributed by atoms with Crippen LogP contribution in [0.2, 0.25) is 0 Å². The number of benzene rings is 2. The summed E-state index contributed by atoms with van der Waals surface area (Å²) in [7, 11) is 0. The van der Waals surface area contributed by atoms with Gasteiger partial charge < -0.3 is 15.7 Å². The molecule has 1 saturated carbocycles. The summed E-state index contributed by atoms with van der Waals surface area (Å²) in [6.45, 7) is 0.584. The minimum absolute atomic E-state index is 0.193. The van der Waals surface area contributed by atoms with Gasteiger partial charge in [0.2, 0.25) is 0 Å². The van der Waals surface area contributed by atoms with Gasteiger partial charge in [0.15, 0.2) is 0 Å². The number of rotatable bonds is 6. The number of carbonyl (C=O) groups is 2. The average molecular weight is 366 g/mol. The van der Waals surface area contributed by atoms with Gasteiger partial charge in [-0.25, -0.2) is 4.79 Å². The first-order chi connectivity index (χ1) is 13.1. The van der Waals surface area contributed by atoms with E-state index in [0.717, 1.165) is 37.8 Å². The predicted molar refractivity (Wildman–Crippen MR) is 106 cm³/mol. The van der Waals surface area contributed by atoms with Gasteiger partial charge in [-0.2, -0.15) is 0 Å². The molecule has 142 valence electrons. The Balaban J connectivity index is 1.43. The summed E-state index contributed by atoms with van der Waals surface area (Å²) in [6, 6.07) is 17.7. The lowest BCUT2D eigenvalue weighted by Crippen LogP contribution is -2.30. The van der Waals surface area contributed by atoms with Crippen molar-refractivity contribution in [3.8, 4) is 0 Å². The summed E-state index contributed by atoms with van der Waals surface area (Å²) in [5.41, 5.74) is 3.17. The van der Waals surface area contributed by atoms with E-state index in [-0.39, 0.29) is 11.9 Å². The summed E-state index contributed by atoms with van der Waals surface area (Å²) in [5.74, 6) is -0.456. The van der Waals surface area contributed by atoms with Gasteiger partial charge in [-0.1, -0.05) is 42.5 Å². The molecular formula is C22H26N2O3. The van der Waals surface area contributed by atoms with Crippen LogP contribution in [0.25, 0.3) is 0 Å². The molecule has 0 radical (unpaired) electrons. The average Bonchev–Trinajstić information content (AvgIpc) is 2.69. The number of carboxylic acids is 1. The highest BCUT2D eigenvalue weighted by molar-refractivity contribution is 5.89. The van der Waals surface area contributed by atoms with Crippen LogP contribution in [0.4, 0.5) is 10.5 Å². The molecule has 5 heteroatoms. The second-order valence-electron chi connectivity index (χ2n) is 7.13. The molecule has 3 N–H and O–H groups in total. The lowest BCUT2D eigenvalue weighted by Gasteiger charge is -2.26. The second-order valence-corrected chi connectivity index (χ2v) is 7.13. The number of carboxylic acid groups (broad SMARTS) is 1. The van der Waals surface area contributed by atoms with E-state index >= 15 is 0 Å². The summed E-state index contributed by atoms with van der Waals surface area (Å²) < 4.78 is 0. The number of hydrogen-bond donors (Lipinski definition) is 3. The number of amides is 2. The molecule has 5 nitrogen and oxygen atoms in total. The highest BCUT2D eigenvalue weighted by Gasteiger charge is 2.26. The Morgan fingerprint density at radius 1 is 0.926 bits per heavy atom. The zero-order valence-electron chi connectivity index (χ0n) is 15.4. The summed E-state index contributed by atoms with van der Waals surface area (Å²) in [4.78, 5) is 23.1. The fourth-order valence-corrected chi connectivity index (χ4v) is 3.65. The third-order valence-corrected chi connectivity index (χ3v) is 5.26. The largest absolute Gasteiger partial charge is 0.481 e. The Morgan fingerprint density at radius 2 is 1.59 bits per heavy atom. The van der Waals surface area contributed by atoms with Gasteiger partial charge in [-0.05, 0) is 61.3 Å². The van der Waals surface area contributed by atoms with Gasteiger partial charge in [0.25, 0.3) is 0 Å². The lowest BCUT2D eigenvalue weighted by molar-refractivity contribution is -0.142. The highest BCUT2D eigenvalue weighted by atomic mass is 16.4. The van der Waals surface area contributed by atoms with E-state index in [1.807, 2.05) is 54.6 Å². The Bertz CT molecular complexity index is 751. The molecule has 2 aromatic rings. The predicted octanol–water partition coefficient (Wildman–Crippen LogP) is 4.41. The van der Waals surface area contributed by atoms with Crippen molar-refractivity contribution in [2.45, 2.75) is 38.0 Å². The number of carbonyl (C=O) groups excluding carboxylic acids is 1. The van der Waals surface area contributed by atoms with Crippen molar-refractivity contribution in [1.29, 1.82) is 0 Å². The van der Waals surface area contributed by atoms with Crippen LogP contribution >= 0.6 is 0 Å². The molecule has 1 fully saturated rings. The van der Waals surface area contributed by atoms with Crippen molar-refractivity contribution in [2.24, 2.45) is 5.92 Å². The van der Waals surface area contributed by atoms with Crippen LogP contribution in [-0.4, -0.2) is 23.7 Å². The maximum absolute atomic E-state index is 12.0. The molecule has 2 amide bonds. The smallest absolute Gasteiger partial charge is 0.319 e. The van der Waals surface area contributed by atoms with Crippen LogP contribution in [0, 0.1) is 5.92 Å². The third-order valence-electron chi connectivity index (χ3n) is 5.26. The van der Waals surface area contributed by atoms with Gasteiger partial charge in [-0.15, -0.1) is 0 Å². The molecule has 0 unspecified atom stereocenters. The van der Waals surface area contributed by atoms with E-state index in [9.17, 15) is 9.59 Å². The number of hydrogen-bond acceptors (Lipinski definition) is 2. The molecule has 0 spiro atoms. The van der Waals surface area contributed by atoms with E-state index in [1.54, 1.807) is 0 Å². The topological polar surface area (TPSA) is 78.4 Å². The molecular weight excluding hydrogens is 340 g/mol. The maximum Gasteiger partial charge on any atom is 0.319 e. The molecule has 0 atom stereocenters. The van der Waals surface area contributed by atoms with E-state index in [4.69, 9.17) is 5.11 Å². The molecule has 1 aliphatic carbocycles. The number of urea groups is 1. The summed E-state index contributed by atoms with van der Waals surface area (Å²) >= 11 is 0. The van der Waals surface area contributed by atoms with Crippen molar-refractivity contribution >= 4 is 17.7 Å². The number of aliphatic carboxylic acids is 1. The molecule has 0 heterocycles. The number of nitrogens with one attached hydrogen (secondary N) is 2. The van der Waals surface area contributed by atoms with Gasteiger partial charge in [0.1, 0.15) is 0 Å². The zero-order valence-corrected chi connectivity index (χ0v) is 15.4. The van der Waals surface area contributed by atoms with Crippen molar-refractivity contribution < 1.29 is 14.7 Å². The van der Waals surface area contributed by atoms with Crippen molar-refractivity contribution in [3.05, 3.63) is 65.7 Å². The highest BCUT2D eigenvalue weighted by Crippen LogP contribution is 2.36. The SMILES string of the molecule is O=C(NCCc1ccccc1)Nc1ccc(C2CCC(C(=O)O)CC2)cc1.